The van der Waals surface area contributed by atoms with Crippen LogP contribution in [0, 0.1) is 0 Å². The third-order valence-corrected chi connectivity index (χ3v) is 7.90. The van der Waals surface area contributed by atoms with Crippen molar-refractivity contribution in [1.82, 2.24) is 19.3 Å². The highest BCUT2D eigenvalue weighted by atomic mass is 16.5. The Balaban J connectivity index is 1.49. The fourth-order valence-electron chi connectivity index (χ4n) is 6.25. The van der Waals surface area contributed by atoms with E-state index in [1.165, 1.54) is 23.6 Å². The van der Waals surface area contributed by atoms with Crippen molar-refractivity contribution >= 4 is 17.0 Å². The summed E-state index contributed by atoms with van der Waals surface area (Å²) < 4.78 is 7.38. The van der Waals surface area contributed by atoms with Gasteiger partial charge in [0.15, 0.2) is 0 Å². The van der Waals surface area contributed by atoms with E-state index in [2.05, 4.69) is 132 Å². The highest BCUT2D eigenvalue weighted by Crippen LogP contribution is 2.49. The van der Waals surface area contributed by atoms with Gasteiger partial charge in [-0.05, 0) is 48.8 Å². The first-order valence-corrected chi connectivity index (χ1v) is 12.9. The van der Waals surface area contributed by atoms with Gasteiger partial charge in [0.25, 0.3) is 0 Å². The minimum atomic E-state index is -0.405. The average molecular weight is 505 g/mol. The fourth-order valence-corrected chi connectivity index (χ4v) is 6.25. The van der Waals surface area contributed by atoms with Gasteiger partial charge in [0.2, 0.25) is 0 Å². The number of hydrogen-bond acceptors (Lipinski definition) is 4. The van der Waals surface area contributed by atoms with E-state index < -0.39 is 6.09 Å². The standard InChI is InChI=1S/C32H32N4O2/c1-33-29(24-13-6-4-7-14-24)30(25-15-8-5-9-16-25)34(2)31(33)26-22-35(32(37)38-3)20-19-28(26)36-21-18-23-12-10-11-17-27(23)36/h4-22,28-31H,1-3H3/t28-,29+,30+/m1/s1. The largest absolute Gasteiger partial charge is 0.452 e. The SMILES string of the molecule is COC(=O)N1C=C[C@@H](n2ccc3ccccc32)C(C2N(C)[C@@H](c3ccccc3)[C@H](c3ccccc3)N2C)=C1. The van der Waals surface area contributed by atoms with E-state index in [4.69, 9.17) is 4.74 Å². The zero-order valence-electron chi connectivity index (χ0n) is 21.9. The van der Waals surface area contributed by atoms with Gasteiger partial charge in [-0.2, -0.15) is 0 Å². The minimum absolute atomic E-state index is 0.0725. The second-order valence-corrected chi connectivity index (χ2v) is 9.99. The molecule has 6 rings (SSSR count). The molecule has 0 bridgehead atoms. The van der Waals surface area contributed by atoms with Gasteiger partial charge in [-0.15, -0.1) is 0 Å². The summed E-state index contributed by atoms with van der Waals surface area (Å²) in [5.41, 5.74) is 4.78. The van der Waals surface area contributed by atoms with Gasteiger partial charge in [-0.1, -0.05) is 78.9 Å². The number of carbonyl (C=O) groups is 1. The highest BCUT2D eigenvalue weighted by molar-refractivity contribution is 5.80. The Morgan fingerprint density at radius 1 is 0.763 bits per heavy atom. The van der Waals surface area contributed by atoms with Crippen molar-refractivity contribution in [3.05, 3.63) is 132 Å². The molecule has 1 amide bonds. The molecule has 38 heavy (non-hydrogen) atoms. The zero-order chi connectivity index (χ0) is 26.2. The number of rotatable bonds is 4. The van der Waals surface area contributed by atoms with Gasteiger partial charge < -0.3 is 9.30 Å². The first kappa shape index (κ1) is 24.2. The molecule has 2 aliphatic rings. The van der Waals surface area contributed by atoms with Crippen molar-refractivity contribution in [3.8, 4) is 0 Å². The average Bonchev–Trinajstić information content (AvgIpc) is 3.51. The van der Waals surface area contributed by atoms with Crippen LogP contribution in [-0.2, 0) is 4.74 Å². The number of amides is 1. The summed E-state index contributed by atoms with van der Waals surface area (Å²) in [4.78, 5) is 19.1. The summed E-state index contributed by atoms with van der Waals surface area (Å²) in [6, 6.07) is 32.1. The Bertz CT molecular complexity index is 1440. The van der Waals surface area contributed by atoms with Gasteiger partial charge in [0, 0.05) is 29.7 Å². The minimum Gasteiger partial charge on any atom is -0.452 e. The third-order valence-electron chi connectivity index (χ3n) is 7.90. The lowest BCUT2D eigenvalue weighted by molar-refractivity contribution is 0.147. The van der Waals surface area contributed by atoms with E-state index in [0.29, 0.717) is 0 Å². The molecule has 0 saturated carbocycles. The number of ether oxygens (including phenoxy) is 1. The molecular weight excluding hydrogens is 472 g/mol. The Kier molecular flexibility index (Phi) is 6.35. The van der Waals surface area contributed by atoms with Gasteiger partial charge >= 0.3 is 6.09 Å². The van der Waals surface area contributed by atoms with Crippen molar-refractivity contribution in [2.24, 2.45) is 0 Å². The number of carbonyl (C=O) groups excluding carboxylic acids is 1. The molecule has 4 aromatic rings. The molecule has 0 N–H and O–H groups in total. The number of nitrogens with zero attached hydrogens (tertiary/aromatic N) is 4. The number of aromatic nitrogens is 1. The van der Waals surface area contributed by atoms with Crippen LogP contribution >= 0.6 is 0 Å². The molecule has 192 valence electrons. The number of likely N-dealkylation sites (N-methyl/N-ethyl adjacent to an activating group) is 2. The van der Waals surface area contributed by atoms with Crippen molar-refractivity contribution in [2.75, 3.05) is 21.2 Å². The normalized spacial score (nSPS) is 22.7. The first-order valence-electron chi connectivity index (χ1n) is 12.9. The Morgan fingerprint density at radius 2 is 1.34 bits per heavy atom. The van der Waals surface area contributed by atoms with Crippen LogP contribution in [0.2, 0.25) is 0 Å². The number of para-hydroxylation sites is 1. The van der Waals surface area contributed by atoms with Gasteiger partial charge in [-0.3, -0.25) is 14.7 Å². The topological polar surface area (TPSA) is 41.0 Å². The molecule has 0 unspecified atom stereocenters. The maximum Gasteiger partial charge on any atom is 0.417 e. The number of methoxy groups -OCH3 is 1. The summed E-state index contributed by atoms with van der Waals surface area (Å²) in [7, 11) is 5.79. The Morgan fingerprint density at radius 3 is 1.95 bits per heavy atom. The summed E-state index contributed by atoms with van der Waals surface area (Å²) in [6.07, 6.45) is 7.52. The maximum absolute atomic E-state index is 12.6. The summed E-state index contributed by atoms with van der Waals surface area (Å²) in [5, 5.41) is 1.19. The van der Waals surface area contributed by atoms with Crippen molar-refractivity contribution < 1.29 is 9.53 Å². The quantitative estimate of drug-likeness (QED) is 0.325. The van der Waals surface area contributed by atoms with E-state index in [1.807, 2.05) is 12.4 Å². The molecule has 0 aliphatic carbocycles. The molecule has 3 atom stereocenters. The van der Waals surface area contributed by atoms with E-state index >= 15 is 0 Å². The lowest BCUT2D eigenvalue weighted by atomic mass is 9.93. The van der Waals surface area contributed by atoms with Gasteiger partial charge in [-0.25, -0.2) is 4.79 Å². The van der Waals surface area contributed by atoms with Crippen LogP contribution in [0.3, 0.4) is 0 Å². The molecule has 0 spiro atoms. The molecule has 3 aromatic carbocycles. The van der Waals surface area contributed by atoms with Crippen LogP contribution in [0.15, 0.2) is 121 Å². The van der Waals surface area contributed by atoms with Crippen molar-refractivity contribution in [3.63, 3.8) is 0 Å². The van der Waals surface area contributed by atoms with E-state index in [9.17, 15) is 4.79 Å². The second-order valence-electron chi connectivity index (χ2n) is 9.99. The number of hydrogen-bond donors (Lipinski definition) is 0. The Labute approximate surface area is 223 Å². The summed E-state index contributed by atoms with van der Waals surface area (Å²) >= 11 is 0. The lowest BCUT2D eigenvalue weighted by Gasteiger charge is -2.36. The molecule has 3 heterocycles. The van der Waals surface area contributed by atoms with E-state index in [0.717, 1.165) is 11.1 Å². The van der Waals surface area contributed by atoms with Crippen molar-refractivity contribution in [2.45, 2.75) is 24.3 Å². The van der Waals surface area contributed by atoms with Crippen LogP contribution in [0.1, 0.15) is 29.3 Å². The van der Waals surface area contributed by atoms with Crippen LogP contribution < -0.4 is 0 Å². The van der Waals surface area contributed by atoms with Crippen LogP contribution in [0.5, 0.6) is 0 Å². The first-order chi connectivity index (χ1) is 18.6. The number of benzene rings is 3. The van der Waals surface area contributed by atoms with Crippen LogP contribution in [0.4, 0.5) is 4.79 Å². The highest BCUT2D eigenvalue weighted by Gasteiger charge is 2.48. The summed E-state index contributed by atoms with van der Waals surface area (Å²) in [5.74, 6) is 0. The molecule has 1 fully saturated rings. The third kappa shape index (κ3) is 4.02. The molecule has 6 nitrogen and oxygen atoms in total. The lowest BCUT2D eigenvalue weighted by Crippen LogP contribution is -2.41. The van der Waals surface area contributed by atoms with Gasteiger partial charge in [0.1, 0.15) is 0 Å². The molecule has 0 radical (unpaired) electrons. The zero-order valence-corrected chi connectivity index (χ0v) is 21.9. The number of allylic oxidation sites excluding steroid dienone is 1. The Hall–Kier alpha value is -4.13. The molecular formula is C32H32N4O2. The fraction of sp³-hybridized carbons (Fsp3) is 0.219. The maximum atomic E-state index is 12.6. The van der Waals surface area contributed by atoms with Crippen LogP contribution in [0.25, 0.3) is 10.9 Å². The smallest absolute Gasteiger partial charge is 0.417 e. The van der Waals surface area contributed by atoms with Crippen LogP contribution in [-0.4, -0.2) is 52.7 Å². The molecule has 1 saturated heterocycles. The number of fused-ring (bicyclic) bond motifs is 1. The predicted molar refractivity (Wildman–Crippen MR) is 150 cm³/mol. The van der Waals surface area contributed by atoms with Crippen molar-refractivity contribution in [1.29, 1.82) is 0 Å². The van der Waals surface area contributed by atoms with E-state index in [-0.39, 0.29) is 24.3 Å². The molecule has 6 heteroatoms. The molecule has 1 aromatic heterocycles. The monoisotopic (exact) mass is 504 g/mol. The predicted octanol–water partition coefficient (Wildman–Crippen LogP) is 6.35. The summed E-state index contributed by atoms with van der Waals surface area (Å²) in [6.45, 7) is 0. The second kappa shape index (κ2) is 9.97. The van der Waals surface area contributed by atoms with E-state index in [1.54, 1.807) is 4.90 Å². The van der Waals surface area contributed by atoms with Gasteiger partial charge in [0.05, 0.1) is 31.4 Å². The molecule has 2 aliphatic heterocycles.